The molecule has 29 heavy (non-hydrogen) atoms. The van der Waals surface area contributed by atoms with Crippen molar-refractivity contribution < 1.29 is 14.3 Å². The van der Waals surface area contributed by atoms with Gasteiger partial charge in [-0.25, -0.2) is 0 Å². The summed E-state index contributed by atoms with van der Waals surface area (Å²) in [5.74, 6) is -0.192. The number of hydrazine groups is 1. The molecule has 0 heterocycles. The predicted octanol–water partition coefficient (Wildman–Crippen LogP) is 3.25. The second kappa shape index (κ2) is 9.16. The molecule has 2 amide bonds. The second-order valence-corrected chi connectivity index (χ2v) is 6.89. The highest BCUT2D eigenvalue weighted by atomic mass is 32.1. The van der Waals surface area contributed by atoms with E-state index in [4.69, 9.17) is 17.0 Å². The zero-order valence-electron chi connectivity index (χ0n) is 16.1. The van der Waals surface area contributed by atoms with Crippen molar-refractivity contribution in [3.05, 3.63) is 77.9 Å². The molecule has 0 fully saturated rings. The van der Waals surface area contributed by atoms with E-state index in [2.05, 4.69) is 16.2 Å². The van der Waals surface area contributed by atoms with Gasteiger partial charge < -0.3 is 4.74 Å². The number of benzene rings is 3. The molecule has 0 saturated carbocycles. The van der Waals surface area contributed by atoms with Crippen LogP contribution in [0.3, 0.4) is 0 Å². The summed E-state index contributed by atoms with van der Waals surface area (Å²) in [7, 11) is 0. The van der Waals surface area contributed by atoms with Gasteiger partial charge in [0.1, 0.15) is 5.75 Å². The van der Waals surface area contributed by atoms with Crippen molar-refractivity contribution in [3.8, 4) is 5.75 Å². The molecule has 0 aromatic heterocycles. The molecule has 0 spiro atoms. The molecule has 0 aliphatic carbocycles. The Morgan fingerprint density at radius 3 is 2.38 bits per heavy atom. The van der Waals surface area contributed by atoms with Crippen LogP contribution in [0.1, 0.15) is 22.8 Å². The highest BCUT2D eigenvalue weighted by molar-refractivity contribution is 7.80. The fourth-order valence-electron chi connectivity index (χ4n) is 2.75. The van der Waals surface area contributed by atoms with Crippen LogP contribution in [0.5, 0.6) is 5.75 Å². The minimum atomic E-state index is -0.765. The third-order valence-corrected chi connectivity index (χ3v) is 4.52. The number of carbonyl (C=O) groups excluding carboxylic acids is 2. The number of aryl methyl sites for hydroxylation is 1. The van der Waals surface area contributed by atoms with E-state index >= 15 is 0 Å². The smallest absolute Gasteiger partial charge is 0.279 e. The molecule has 3 aromatic rings. The van der Waals surface area contributed by atoms with Crippen LogP contribution in [0.2, 0.25) is 0 Å². The van der Waals surface area contributed by atoms with Gasteiger partial charge in [-0.2, -0.15) is 0 Å². The maximum absolute atomic E-state index is 12.3. The first-order valence-corrected chi connectivity index (χ1v) is 9.47. The first-order valence-electron chi connectivity index (χ1n) is 9.06. The lowest BCUT2D eigenvalue weighted by molar-refractivity contribution is -0.127. The summed E-state index contributed by atoms with van der Waals surface area (Å²) in [6.07, 6.45) is -0.765. The first kappa shape index (κ1) is 20.3. The largest absolute Gasteiger partial charge is 0.481 e. The van der Waals surface area contributed by atoms with Gasteiger partial charge in [-0.15, -0.1) is 0 Å². The molecule has 0 saturated heterocycles. The van der Waals surface area contributed by atoms with Crippen LogP contribution >= 0.6 is 12.2 Å². The molecule has 3 N–H and O–H groups in total. The zero-order valence-corrected chi connectivity index (χ0v) is 16.9. The number of hydrogen-bond acceptors (Lipinski definition) is 4. The van der Waals surface area contributed by atoms with E-state index in [0.717, 1.165) is 16.3 Å². The van der Waals surface area contributed by atoms with Crippen LogP contribution in [-0.2, 0) is 4.79 Å². The number of fused-ring (bicyclic) bond motifs is 1. The van der Waals surface area contributed by atoms with Crippen LogP contribution < -0.4 is 20.9 Å². The Bertz CT molecular complexity index is 1070. The molecule has 0 unspecified atom stereocenters. The lowest BCUT2D eigenvalue weighted by Gasteiger charge is -2.16. The number of nitrogens with one attached hydrogen (secondary N) is 3. The molecule has 0 bridgehead atoms. The standard InChI is InChI=1S/C22H21N3O3S/c1-14-7-3-6-10-19(14)21(27)23-22(29)25-24-20(26)15(2)28-18-12-11-16-8-4-5-9-17(16)13-18/h3-13,15H,1-2H3,(H,24,26)(H2,23,25,27,29)/t15-/m1/s1. The summed E-state index contributed by atoms with van der Waals surface area (Å²) in [4.78, 5) is 24.5. The van der Waals surface area contributed by atoms with Crippen LogP contribution in [0.15, 0.2) is 66.7 Å². The zero-order chi connectivity index (χ0) is 20.8. The minimum absolute atomic E-state index is 0.00971. The van der Waals surface area contributed by atoms with Gasteiger partial charge in [-0.1, -0.05) is 48.5 Å². The van der Waals surface area contributed by atoms with Crippen molar-refractivity contribution in [2.45, 2.75) is 20.0 Å². The number of ether oxygens (including phenoxy) is 1. The van der Waals surface area contributed by atoms with E-state index in [0.29, 0.717) is 11.3 Å². The third kappa shape index (κ3) is 5.30. The fraction of sp³-hybridized carbons (Fsp3) is 0.136. The Morgan fingerprint density at radius 1 is 0.931 bits per heavy atom. The van der Waals surface area contributed by atoms with E-state index in [1.807, 2.05) is 61.5 Å². The normalized spacial score (nSPS) is 11.4. The average Bonchev–Trinajstić information content (AvgIpc) is 2.72. The fourth-order valence-corrected chi connectivity index (χ4v) is 2.89. The van der Waals surface area contributed by atoms with Crippen LogP contribution in [0.4, 0.5) is 0 Å². The molecule has 0 radical (unpaired) electrons. The van der Waals surface area contributed by atoms with Crippen molar-refractivity contribution in [2.24, 2.45) is 0 Å². The van der Waals surface area contributed by atoms with Crippen LogP contribution in [0, 0.1) is 6.92 Å². The molecule has 0 aliphatic rings. The van der Waals surface area contributed by atoms with E-state index in [-0.39, 0.29) is 11.0 Å². The van der Waals surface area contributed by atoms with Crippen LogP contribution in [-0.4, -0.2) is 23.0 Å². The van der Waals surface area contributed by atoms with E-state index in [9.17, 15) is 9.59 Å². The number of rotatable bonds is 4. The van der Waals surface area contributed by atoms with E-state index < -0.39 is 12.0 Å². The topological polar surface area (TPSA) is 79.5 Å². The average molecular weight is 407 g/mol. The second-order valence-electron chi connectivity index (χ2n) is 6.48. The quantitative estimate of drug-likeness (QED) is 0.457. The molecule has 3 rings (SSSR count). The van der Waals surface area contributed by atoms with Crippen molar-refractivity contribution in [3.63, 3.8) is 0 Å². The van der Waals surface area contributed by atoms with Gasteiger partial charge in [0.25, 0.3) is 11.8 Å². The Balaban J connectivity index is 1.50. The van der Waals surface area contributed by atoms with Gasteiger partial charge in [0.15, 0.2) is 11.2 Å². The summed E-state index contributed by atoms with van der Waals surface area (Å²) >= 11 is 5.06. The van der Waals surface area contributed by atoms with Crippen molar-refractivity contribution in [1.29, 1.82) is 0 Å². The molecule has 7 heteroatoms. The Kier molecular flexibility index (Phi) is 6.41. The van der Waals surface area contributed by atoms with Crippen molar-refractivity contribution in [2.75, 3.05) is 0 Å². The van der Waals surface area contributed by atoms with Gasteiger partial charge in [-0.05, 0) is 60.6 Å². The Morgan fingerprint density at radius 2 is 1.62 bits per heavy atom. The number of amides is 2. The molecule has 1 atom stereocenters. The summed E-state index contributed by atoms with van der Waals surface area (Å²) in [5, 5.41) is 4.63. The maximum atomic E-state index is 12.3. The minimum Gasteiger partial charge on any atom is -0.481 e. The SMILES string of the molecule is Cc1ccccc1C(=O)NC(=S)NNC(=O)[C@@H](C)Oc1ccc2ccccc2c1. The molecule has 0 aliphatic heterocycles. The maximum Gasteiger partial charge on any atom is 0.279 e. The molecular weight excluding hydrogens is 386 g/mol. The Labute approximate surface area is 174 Å². The summed E-state index contributed by atoms with van der Waals surface area (Å²) in [5.41, 5.74) is 6.30. The van der Waals surface area contributed by atoms with E-state index in [1.54, 1.807) is 19.1 Å². The molecule has 3 aromatic carbocycles. The van der Waals surface area contributed by atoms with Crippen LogP contribution in [0.25, 0.3) is 10.8 Å². The monoisotopic (exact) mass is 407 g/mol. The Hall–Kier alpha value is -3.45. The molecular formula is C22H21N3O3S. The first-order chi connectivity index (χ1) is 13.9. The third-order valence-electron chi connectivity index (χ3n) is 4.32. The van der Waals surface area contributed by atoms with Gasteiger partial charge >= 0.3 is 0 Å². The highest BCUT2D eigenvalue weighted by Crippen LogP contribution is 2.21. The van der Waals surface area contributed by atoms with E-state index in [1.165, 1.54) is 0 Å². The van der Waals surface area contributed by atoms with Gasteiger partial charge in [-0.3, -0.25) is 25.8 Å². The number of carbonyl (C=O) groups is 2. The highest BCUT2D eigenvalue weighted by Gasteiger charge is 2.16. The van der Waals surface area contributed by atoms with Gasteiger partial charge in [0, 0.05) is 5.56 Å². The summed E-state index contributed by atoms with van der Waals surface area (Å²) < 4.78 is 5.70. The predicted molar refractivity (Wildman–Crippen MR) is 117 cm³/mol. The molecule has 6 nitrogen and oxygen atoms in total. The molecule has 148 valence electrons. The lowest BCUT2D eigenvalue weighted by Crippen LogP contribution is -2.51. The summed E-state index contributed by atoms with van der Waals surface area (Å²) in [6, 6.07) is 20.7. The summed E-state index contributed by atoms with van der Waals surface area (Å²) in [6.45, 7) is 3.46. The van der Waals surface area contributed by atoms with Gasteiger partial charge in [0.05, 0.1) is 0 Å². The van der Waals surface area contributed by atoms with Gasteiger partial charge in [0.2, 0.25) is 0 Å². The van der Waals surface area contributed by atoms with Crippen molar-refractivity contribution >= 4 is 39.9 Å². The van der Waals surface area contributed by atoms with Crippen molar-refractivity contribution in [1.82, 2.24) is 16.2 Å². The number of hydrogen-bond donors (Lipinski definition) is 3. The lowest BCUT2D eigenvalue weighted by atomic mass is 10.1. The number of thiocarbonyl (C=S) groups is 1.